The number of benzene rings is 1. The lowest BCUT2D eigenvalue weighted by atomic mass is 9.81. The van der Waals surface area contributed by atoms with Crippen LogP contribution < -0.4 is 4.72 Å². The van der Waals surface area contributed by atoms with Gasteiger partial charge in [-0.3, -0.25) is 0 Å². The first-order chi connectivity index (χ1) is 9.41. The molecule has 0 bridgehead atoms. The van der Waals surface area contributed by atoms with Crippen LogP contribution in [0.1, 0.15) is 31.2 Å². The first kappa shape index (κ1) is 15.0. The van der Waals surface area contributed by atoms with Gasteiger partial charge in [-0.25, -0.2) is 13.1 Å². The maximum absolute atomic E-state index is 12.0. The van der Waals surface area contributed by atoms with Crippen LogP contribution in [-0.2, 0) is 10.0 Å². The Labute approximate surface area is 120 Å². The van der Waals surface area contributed by atoms with Crippen molar-refractivity contribution in [1.82, 2.24) is 4.72 Å². The van der Waals surface area contributed by atoms with Crippen LogP contribution in [0, 0.1) is 18.8 Å². The van der Waals surface area contributed by atoms with Gasteiger partial charge in [0.15, 0.2) is 0 Å². The van der Waals surface area contributed by atoms with E-state index >= 15 is 0 Å². The standard InChI is InChI=1S/C15H19NO3S/c1-13-5-7-14(8-6-13)20(18,19)16-12-3-2-9-15(17)10-4-11-15/h5-8,16-17H,3-4,10-12H2,1H3. The quantitative estimate of drug-likeness (QED) is 0.654. The highest BCUT2D eigenvalue weighted by Crippen LogP contribution is 2.30. The van der Waals surface area contributed by atoms with Gasteiger partial charge < -0.3 is 5.11 Å². The highest BCUT2D eigenvalue weighted by atomic mass is 32.2. The number of nitrogens with one attached hydrogen (secondary N) is 1. The molecule has 1 fully saturated rings. The Kier molecular flexibility index (Phi) is 4.48. The third-order valence-electron chi connectivity index (χ3n) is 3.38. The lowest BCUT2D eigenvalue weighted by Gasteiger charge is -2.30. The number of aliphatic hydroxyl groups is 1. The molecule has 1 saturated carbocycles. The van der Waals surface area contributed by atoms with E-state index in [9.17, 15) is 13.5 Å². The molecule has 0 amide bonds. The van der Waals surface area contributed by atoms with Gasteiger partial charge in [-0.1, -0.05) is 29.5 Å². The zero-order valence-electron chi connectivity index (χ0n) is 11.5. The van der Waals surface area contributed by atoms with E-state index in [0.717, 1.165) is 24.8 Å². The Hall–Kier alpha value is -1.35. The molecule has 0 unspecified atom stereocenters. The van der Waals surface area contributed by atoms with E-state index < -0.39 is 15.6 Å². The third kappa shape index (κ3) is 3.83. The van der Waals surface area contributed by atoms with Gasteiger partial charge in [-0.15, -0.1) is 0 Å². The van der Waals surface area contributed by atoms with Gasteiger partial charge in [0.05, 0.1) is 4.90 Å². The molecular weight excluding hydrogens is 274 g/mol. The number of aryl methyl sites for hydroxylation is 1. The highest BCUT2D eigenvalue weighted by molar-refractivity contribution is 7.89. The van der Waals surface area contributed by atoms with Crippen molar-refractivity contribution in [2.45, 2.75) is 43.1 Å². The molecule has 5 heteroatoms. The van der Waals surface area contributed by atoms with Crippen LogP contribution in [-0.4, -0.2) is 25.7 Å². The lowest BCUT2D eigenvalue weighted by Crippen LogP contribution is -2.34. The van der Waals surface area contributed by atoms with Crippen molar-refractivity contribution in [2.24, 2.45) is 0 Å². The zero-order chi connectivity index (χ0) is 14.6. The van der Waals surface area contributed by atoms with E-state index in [1.165, 1.54) is 0 Å². The monoisotopic (exact) mass is 293 g/mol. The van der Waals surface area contributed by atoms with E-state index in [4.69, 9.17) is 0 Å². The normalized spacial score (nSPS) is 16.9. The van der Waals surface area contributed by atoms with Crippen LogP contribution in [0.25, 0.3) is 0 Å². The topological polar surface area (TPSA) is 66.4 Å². The molecule has 0 atom stereocenters. The van der Waals surface area contributed by atoms with Crippen molar-refractivity contribution >= 4 is 10.0 Å². The molecule has 0 spiro atoms. The molecule has 0 saturated heterocycles. The van der Waals surface area contributed by atoms with E-state index in [0.29, 0.717) is 6.42 Å². The summed E-state index contributed by atoms with van der Waals surface area (Å²) >= 11 is 0. The van der Waals surface area contributed by atoms with Crippen LogP contribution in [0.15, 0.2) is 29.2 Å². The van der Waals surface area contributed by atoms with E-state index in [1.807, 2.05) is 6.92 Å². The minimum absolute atomic E-state index is 0.249. The molecule has 1 aliphatic carbocycles. The predicted molar refractivity (Wildman–Crippen MR) is 77.6 cm³/mol. The number of hydrogen-bond acceptors (Lipinski definition) is 3. The molecule has 0 radical (unpaired) electrons. The van der Waals surface area contributed by atoms with Gasteiger partial charge in [0.1, 0.15) is 5.60 Å². The molecule has 1 aliphatic rings. The third-order valence-corrected chi connectivity index (χ3v) is 4.85. The van der Waals surface area contributed by atoms with Crippen molar-refractivity contribution < 1.29 is 13.5 Å². The molecule has 2 N–H and O–H groups in total. The fourth-order valence-corrected chi connectivity index (χ4v) is 2.94. The molecule has 108 valence electrons. The fourth-order valence-electron chi connectivity index (χ4n) is 1.91. The number of rotatable bonds is 4. The Morgan fingerprint density at radius 3 is 2.50 bits per heavy atom. The van der Waals surface area contributed by atoms with Gasteiger partial charge in [-0.2, -0.15) is 0 Å². The highest BCUT2D eigenvalue weighted by Gasteiger charge is 2.31. The second-order valence-electron chi connectivity index (χ2n) is 5.15. The van der Waals surface area contributed by atoms with Crippen LogP contribution in [0.4, 0.5) is 0 Å². The van der Waals surface area contributed by atoms with Crippen molar-refractivity contribution in [3.05, 3.63) is 29.8 Å². The molecule has 1 aromatic carbocycles. The van der Waals surface area contributed by atoms with Gasteiger partial charge in [-0.05, 0) is 38.3 Å². The molecule has 20 heavy (non-hydrogen) atoms. The Balaban J connectivity index is 1.85. The summed E-state index contributed by atoms with van der Waals surface area (Å²) in [4.78, 5) is 0.258. The maximum atomic E-state index is 12.0. The summed E-state index contributed by atoms with van der Waals surface area (Å²) in [6.45, 7) is 2.16. The number of sulfonamides is 1. The predicted octanol–water partition coefficient (Wildman–Crippen LogP) is 1.58. The van der Waals surface area contributed by atoms with Crippen molar-refractivity contribution in [1.29, 1.82) is 0 Å². The second kappa shape index (κ2) is 5.96. The summed E-state index contributed by atoms with van der Waals surface area (Å²) in [5.41, 5.74) is 0.194. The van der Waals surface area contributed by atoms with E-state index in [2.05, 4.69) is 16.6 Å². The SMILES string of the molecule is Cc1ccc(S(=O)(=O)NCCC#CC2(O)CCC2)cc1. The van der Waals surface area contributed by atoms with E-state index in [1.54, 1.807) is 24.3 Å². The summed E-state index contributed by atoms with van der Waals surface area (Å²) in [6.07, 6.45) is 2.84. The first-order valence-corrected chi connectivity index (χ1v) is 8.18. The summed E-state index contributed by atoms with van der Waals surface area (Å²) in [7, 11) is -3.46. The van der Waals surface area contributed by atoms with Crippen molar-refractivity contribution in [3.8, 4) is 11.8 Å². The van der Waals surface area contributed by atoms with Gasteiger partial charge in [0, 0.05) is 13.0 Å². The molecule has 0 aromatic heterocycles. The van der Waals surface area contributed by atoms with Gasteiger partial charge in [0.2, 0.25) is 10.0 Å². The van der Waals surface area contributed by atoms with Crippen LogP contribution in [0.3, 0.4) is 0 Å². The Morgan fingerprint density at radius 2 is 1.95 bits per heavy atom. The van der Waals surface area contributed by atoms with Crippen LogP contribution in [0.2, 0.25) is 0 Å². The average Bonchev–Trinajstić information content (AvgIpc) is 2.36. The summed E-state index contributed by atoms with van der Waals surface area (Å²) in [6, 6.07) is 6.70. The van der Waals surface area contributed by atoms with Gasteiger partial charge in [0.25, 0.3) is 0 Å². The Bertz CT molecular complexity index is 619. The second-order valence-corrected chi connectivity index (χ2v) is 6.91. The molecule has 4 nitrogen and oxygen atoms in total. The average molecular weight is 293 g/mol. The largest absolute Gasteiger partial charge is 0.378 e. The minimum atomic E-state index is -3.46. The number of hydrogen-bond donors (Lipinski definition) is 2. The minimum Gasteiger partial charge on any atom is -0.378 e. The zero-order valence-corrected chi connectivity index (χ0v) is 12.3. The van der Waals surface area contributed by atoms with Gasteiger partial charge >= 0.3 is 0 Å². The summed E-state index contributed by atoms with van der Waals surface area (Å²) in [5, 5.41) is 9.76. The first-order valence-electron chi connectivity index (χ1n) is 6.70. The summed E-state index contributed by atoms with van der Waals surface area (Å²) < 4.78 is 26.4. The molecular formula is C15H19NO3S. The Morgan fingerprint density at radius 1 is 1.30 bits per heavy atom. The van der Waals surface area contributed by atoms with E-state index in [-0.39, 0.29) is 11.4 Å². The smallest absolute Gasteiger partial charge is 0.240 e. The molecule has 0 aliphatic heterocycles. The van der Waals surface area contributed by atoms with Crippen LogP contribution >= 0.6 is 0 Å². The molecule has 1 aromatic rings. The lowest BCUT2D eigenvalue weighted by molar-refractivity contribution is 0.0239. The maximum Gasteiger partial charge on any atom is 0.240 e. The molecule has 0 heterocycles. The van der Waals surface area contributed by atoms with Crippen LogP contribution in [0.5, 0.6) is 0 Å². The van der Waals surface area contributed by atoms with Crippen molar-refractivity contribution in [3.63, 3.8) is 0 Å². The molecule has 2 rings (SSSR count). The summed E-state index contributed by atoms with van der Waals surface area (Å²) in [5.74, 6) is 5.63. The van der Waals surface area contributed by atoms with Crippen molar-refractivity contribution in [2.75, 3.05) is 6.54 Å². The fraction of sp³-hybridized carbons (Fsp3) is 0.467.